The van der Waals surface area contributed by atoms with Crippen molar-refractivity contribution in [1.82, 2.24) is 4.90 Å². The standard InChI is InChI=1S/C16H26N2/c1-12-7-13(2)9-15(8-12)11-18-14(3)5-4-6-16(18)10-17/h7-9,14,16H,4-6,10-11,17H2,1-3H3. The van der Waals surface area contributed by atoms with Crippen molar-refractivity contribution in [2.24, 2.45) is 5.73 Å². The van der Waals surface area contributed by atoms with Gasteiger partial charge in [0.1, 0.15) is 0 Å². The molecule has 1 heterocycles. The van der Waals surface area contributed by atoms with Crippen molar-refractivity contribution in [3.63, 3.8) is 0 Å². The van der Waals surface area contributed by atoms with Gasteiger partial charge in [-0.05, 0) is 39.2 Å². The maximum atomic E-state index is 5.93. The second kappa shape index (κ2) is 5.85. The van der Waals surface area contributed by atoms with Crippen LogP contribution in [0.3, 0.4) is 0 Å². The Kier molecular flexibility index (Phi) is 4.41. The van der Waals surface area contributed by atoms with Crippen LogP contribution < -0.4 is 5.73 Å². The third-order valence-electron chi connectivity index (χ3n) is 4.11. The summed E-state index contributed by atoms with van der Waals surface area (Å²) < 4.78 is 0. The molecule has 2 unspecified atom stereocenters. The Morgan fingerprint density at radius 1 is 1.17 bits per heavy atom. The third kappa shape index (κ3) is 3.12. The Hall–Kier alpha value is -0.860. The molecule has 2 nitrogen and oxygen atoms in total. The van der Waals surface area contributed by atoms with Gasteiger partial charge in [-0.2, -0.15) is 0 Å². The third-order valence-corrected chi connectivity index (χ3v) is 4.11. The zero-order valence-electron chi connectivity index (χ0n) is 11.9. The molecule has 0 amide bonds. The first-order chi connectivity index (χ1) is 8.60. The van der Waals surface area contributed by atoms with E-state index in [1.807, 2.05) is 0 Å². The molecule has 1 fully saturated rings. The van der Waals surface area contributed by atoms with Gasteiger partial charge in [0.15, 0.2) is 0 Å². The average molecular weight is 246 g/mol. The summed E-state index contributed by atoms with van der Waals surface area (Å²) in [7, 11) is 0. The molecule has 2 atom stereocenters. The molecule has 1 aliphatic heterocycles. The van der Waals surface area contributed by atoms with Crippen LogP contribution in [0.5, 0.6) is 0 Å². The Labute approximate surface area is 111 Å². The summed E-state index contributed by atoms with van der Waals surface area (Å²) in [4.78, 5) is 2.59. The predicted octanol–water partition coefficient (Wildman–Crippen LogP) is 3.01. The summed E-state index contributed by atoms with van der Waals surface area (Å²) in [5, 5.41) is 0. The largest absolute Gasteiger partial charge is 0.329 e. The highest BCUT2D eigenvalue weighted by molar-refractivity contribution is 5.28. The number of benzene rings is 1. The molecule has 0 aromatic heterocycles. The number of likely N-dealkylation sites (tertiary alicyclic amines) is 1. The van der Waals surface area contributed by atoms with Crippen LogP contribution in [0.25, 0.3) is 0 Å². The van der Waals surface area contributed by atoms with Crippen LogP contribution in [0.1, 0.15) is 42.9 Å². The number of nitrogens with zero attached hydrogens (tertiary/aromatic N) is 1. The molecule has 18 heavy (non-hydrogen) atoms. The van der Waals surface area contributed by atoms with Gasteiger partial charge in [-0.1, -0.05) is 35.7 Å². The van der Waals surface area contributed by atoms with E-state index in [2.05, 4.69) is 43.9 Å². The van der Waals surface area contributed by atoms with Gasteiger partial charge in [-0.3, -0.25) is 4.90 Å². The maximum Gasteiger partial charge on any atom is 0.0240 e. The lowest BCUT2D eigenvalue weighted by Gasteiger charge is -2.40. The molecule has 1 aliphatic rings. The summed E-state index contributed by atoms with van der Waals surface area (Å²) in [5.41, 5.74) is 10.1. The lowest BCUT2D eigenvalue weighted by molar-refractivity contribution is 0.0892. The normalized spacial score (nSPS) is 25.3. The van der Waals surface area contributed by atoms with Crippen molar-refractivity contribution >= 4 is 0 Å². The monoisotopic (exact) mass is 246 g/mol. The van der Waals surface area contributed by atoms with Gasteiger partial charge in [0.25, 0.3) is 0 Å². The molecule has 2 N–H and O–H groups in total. The molecule has 0 spiro atoms. The minimum atomic E-state index is 0.564. The Balaban J connectivity index is 2.14. The van der Waals surface area contributed by atoms with E-state index in [1.165, 1.54) is 36.0 Å². The van der Waals surface area contributed by atoms with Crippen molar-refractivity contribution in [3.8, 4) is 0 Å². The Morgan fingerprint density at radius 3 is 2.44 bits per heavy atom. The van der Waals surface area contributed by atoms with Crippen LogP contribution in [-0.4, -0.2) is 23.5 Å². The topological polar surface area (TPSA) is 29.3 Å². The lowest BCUT2D eigenvalue weighted by Crippen LogP contribution is -2.48. The van der Waals surface area contributed by atoms with Crippen molar-refractivity contribution in [3.05, 3.63) is 34.9 Å². The van der Waals surface area contributed by atoms with Crippen LogP contribution in [-0.2, 0) is 6.54 Å². The molecule has 1 aromatic carbocycles. The highest BCUT2D eigenvalue weighted by Gasteiger charge is 2.26. The number of rotatable bonds is 3. The molecule has 2 rings (SSSR count). The van der Waals surface area contributed by atoms with Gasteiger partial charge >= 0.3 is 0 Å². The first-order valence-corrected chi connectivity index (χ1v) is 7.13. The van der Waals surface area contributed by atoms with Gasteiger partial charge in [-0.15, -0.1) is 0 Å². The van der Waals surface area contributed by atoms with Crippen molar-refractivity contribution in [2.45, 2.75) is 58.7 Å². The van der Waals surface area contributed by atoms with Crippen LogP contribution in [0.2, 0.25) is 0 Å². The molecule has 0 radical (unpaired) electrons. The summed E-state index contributed by atoms with van der Waals surface area (Å²) in [6.45, 7) is 8.53. The van der Waals surface area contributed by atoms with E-state index >= 15 is 0 Å². The van der Waals surface area contributed by atoms with Crippen molar-refractivity contribution < 1.29 is 0 Å². The zero-order valence-corrected chi connectivity index (χ0v) is 11.9. The average Bonchev–Trinajstić information content (AvgIpc) is 2.30. The minimum Gasteiger partial charge on any atom is -0.329 e. The van der Waals surface area contributed by atoms with E-state index in [9.17, 15) is 0 Å². The molecule has 0 aliphatic carbocycles. The van der Waals surface area contributed by atoms with E-state index < -0.39 is 0 Å². The van der Waals surface area contributed by atoms with E-state index in [0.29, 0.717) is 12.1 Å². The molecule has 1 aromatic rings. The Bertz CT molecular complexity index is 380. The number of hydrogen-bond donors (Lipinski definition) is 1. The second-order valence-corrected chi connectivity index (χ2v) is 5.84. The summed E-state index contributed by atoms with van der Waals surface area (Å²) >= 11 is 0. The summed E-state index contributed by atoms with van der Waals surface area (Å²) in [6.07, 6.45) is 3.89. The Morgan fingerprint density at radius 2 is 1.83 bits per heavy atom. The number of nitrogens with two attached hydrogens (primary N) is 1. The highest BCUT2D eigenvalue weighted by atomic mass is 15.2. The fraction of sp³-hybridized carbons (Fsp3) is 0.625. The van der Waals surface area contributed by atoms with Crippen LogP contribution >= 0.6 is 0 Å². The molecule has 2 heteroatoms. The second-order valence-electron chi connectivity index (χ2n) is 5.84. The first kappa shape index (κ1) is 13.6. The van der Waals surface area contributed by atoms with Crippen LogP contribution in [0.15, 0.2) is 18.2 Å². The van der Waals surface area contributed by atoms with E-state index in [-0.39, 0.29) is 0 Å². The quantitative estimate of drug-likeness (QED) is 0.888. The van der Waals surface area contributed by atoms with Gasteiger partial charge in [0.05, 0.1) is 0 Å². The number of piperidine rings is 1. The molecular weight excluding hydrogens is 220 g/mol. The van der Waals surface area contributed by atoms with Crippen molar-refractivity contribution in [1.29, 1.82) is 0 Å². The fourth-order valence-electron chi connectivity index (χ4n) is 3.25. The molecule has 1 saturated heterocycles. The van der Waals surface area contributed by atoms with E-state index in [1.54, 1.807) is 0 Å². The zero-order chi connectivity index (χ0) is 13.1. The SMILES string of the molecule is Cc1cc(C)cc(CN2C(C)CCCC2CN)c1. The lowest BCUT2D eigenvalue weighted by atomic mass is 9.95. The number of hydrogen-bond acceptors (Lipinski definition) is 2. The van der Waals surface area contributed by atoms with Gasteiger partial charge in [0, 0.05) is 25.2 Å². The van der Waals surface area contributed by atoms with Gasteiger partial charge in [0.2, 0.25) is 0 Å². The predicted molar refractivity (Wildman–Crippen MR) is 77.6 cm³/mol. The van der Waals surface area contributed by atoms with E-state index in [0.717, 1.165) is 13.1 Å². The smallest absolute Gasteiger partial charge is 0.0240 e. The van der Waals surface area contributed by atoms with E-state index in [4.69, 9.17) is 5.73 Å². The number of aryl methyl sites for hydroxylation is 2. The fourth-order valence-corrected chi connectivity index (χ4v) is 3.25. The van der Waals surface area contributed by atoms with Gasteiger partial charge < -0.3 is 5.73 Å². The maximum absolute atomic E-state index is 5.93. The van der Waals surface area contributed by atoms with Crippen molar-refractivity contribution in [2.75, 3.05) is 6.54 Å². The molecule has 0 saturated carbocycles. The minimum absolute atomic E-state index is 0.564. The molecular formula is C16H26N2. The molecule has 0 bridgehead atoms. The van der Waals surface area contributed by atoms with Crippen LogP contribution in [0, 0.1) is 13.8 Å². The first-order valence-electron chi connectivity index (χ1n) is 7.13. The molecule has 100 valence electrons. The van der Waals surface area contributed by atoms with Crippen LogP contribution in [0.4, 0.5) is 0 Å². The summed E-state index contributed by atoms with van der Waals surface area (Å²) in [5.74, 6) is 0. The van der Waals surface area contributed by atoms with Gasteiger partial charge in [-0.25, -0.2) is 0 Å². The summed E-state index contributed by atoms with van der Waals surface area (Å²) in [6, 6.07) is 8.08. The highest BCUT2D eigenvalue weighted by Crippen LogP contribution is 2.24.